The third-order valence-electron chi connectivity index (χ3n) is 7.03. The molecule has 1 aromatic heterocycles. The van der Waals surface area contributed by atoms with Crippen molar-refractivity contribution in [1.29, 1.82) is 0 Å². The molecule has 12 heteroatoms. The third-order valence-corrected chi connectivity index (χ3v) is 7.03. The van der Waals surface area contributed by atoms with E-state index in [1.165, 1.54) is 18.6 Å². The Kier molecular flexibility index (Phi) is 9.29. The normalized spacial score (nSPS) is 21.2. The monoisotopic (exact) mass is 535 g/mol. The van der Waals surface area contributed by atoms with E-state index in [1.54, 1.807) is 11.9 Å². The first-order chi connectivity index (χ1) is 18.7. The maximum Gasteiger partial charge on any atom is 0.622 e. The molecule has 2 aliphatic rings. The lowest BCUT2D eigenvalue weighted by atomic mass is 9.72. The number of fused-ring (bicyclic) bond motifs is 2. The highest BCUT2D eigenvalue weighted by Crippen LogP contribution is 2.26. The van der Waals surface area contributed by atoms with Crippen LogP contribution < -0.4 is 10.6 Å². The quantitative estimate of drug-likeness (QED) is 0.455. The summed E-state index contributed by atoms with van der Waals surface area (Å²) < 4.78 is 11.4. The van der Waals surface area contributed by atoms with Crippen LogP contribution in [0.2, 0.25) is 0 Å². The topological polar surface area (TPSA) is 140 Å². The van der Waals surface area contributed by atoms with Gasteiger partial charge < -0.3 is 19.9 Å². The van der Waals surface area contributed by atoms with Gasteiger partial charge in [-0.15, -0.1) is 0 Å². The fourth-order valence-electron chi connectivity index (χ4n) is 5.01. The summed E-state index contributed by atoms with van der Waals surface area (Å²) in [5.74, 6) is -2.78. The summed E-state index contributed by atoms with van der Waals surface area (Å²) in [5, 5.41) is 5.65. The van der Waals surface area contributed by atoms with Crippen molar-refractivity contribution in [3.05, 3.63) is 60.2 Å². The number of benzene rings is 1. The van der Waals surface area contributed by atoms with E-state index in [1.807, 2.05) is 44.2 Å². The molecule has 11 nitrogen and oxygen atoms in total. The number of hydrogen-bond donors (Lipinski definition) is 2. The number of hydrogen-bond acceptors (Lipinski definition) is 9. The van der Waals surface area contributed by atoms with E-state index in [4.69, 9.17) is 9.31 Å². The zero-order valence-electron chi connectivity index (χ0n) is 22.4. The second kappa shape index (κ2) is 12.8. The van der Waals surface area contributed by atoms with Gasteiger partial charge in [-0.1, -0.05) is 44.2 Å². The first-order valence-electron chi connectivity index (χ1n) is 13.3. The van der Waals surface area contributed by atoms with Crippen molar-refractivity contribution in [2.75, 3.05) is 7.05 Å². The maximum atomic E-state index is 13.7. The molecule has 0 radical (unpaired) electrons. The molecule has 206 valence electrons. The number of carbonyl (C=O) groups is 4. The standard InChI is InChI=1S/C27H34BN5O6/c1-17(2)14-23(28-38-26(36)21-10-7-11-22(33(21)3)27(37)39-28)32-24(34)19(15-18-8-5-4-6-9-18)31-25(35)20-16-29-12-13-30-20/h4-6,8-9,12-13,16-17,19,21-23H,7,10-11,14-15H2,1-3H3,(H,31,35)(H,32,34)/t19-,21+,22+,23-/m0/s1. The van der Waals surface area contributed by atoms with Crippen LogP contribution in [0.25, 0.3) is 0 Å². The van der Waals surface area contributed by atoms with Gasteiger partial charge in [0, 0.05) is 18.8 Å². The summed E-state index contributed by atoms with van der Waals surface area (Å²) in [6.45, 7) is 3.90. The summed E-state index contributed by atoms with van der Waals surface area (Å²) in [6, 6.07) is 7.18. The Morgan fingerprint density at radius 3 is 2.31 bits per heavy atom. The minimum Gasteiger partial charge on any atom is -0.497 e. The number of aromatic nitrogens is 2. The molecule has 1 aromatic carbocycles. The first kappa shape index (κ1) is 28.2. The van der Waals surface area contributed by atoms with Gasteiger partial charge in [-0.25, -0.2) is 4.98 Å². The molecule has 2 fully saturated rings. The molecule has 4 rings (SSSR count). The van der Waals surface area contributed by atoms with Crippen LogP contribution in [0, 0.1) is 5.92 Å². The Bertz CT molecular complexity index is 1140. The van der Waals surface area contributed by atoms with Crippen molar-refractivity contribution in [3.63, 3.8) is 0 Å². The van der Waals surface area contributed by atoms with Gasteiger partial charge in [0.1, 0.15) is 23.8 Å². The molecule has 0 aliphatic carbocycles. The lowest BCUT2D eigenvalue weighted by Gasteiger charge is -2.40. The number of rotatable bonds is 9. The molecular weight excluding hydrogens is 501 g/mol. The van der Waals surface area contributed by atoms with Crippen LogP contribution in [0.4, 0.5) is 0 Å². The van der Waals surface area contributed by atoms with Gasteiger partial charge in [0.15, 0.2) is 0 Å². The second-order valence-corrected chi connectivity index (χ2v) is 10.4. The van der Waals surface area contributed by atoms with Crippen molar-refractivity contribution < 1.29 is 28.5 Å². The molecule has 2 aliphatic heterocycles. The Balaban J connectivity index is 1.56. The average molecular weight is 535 g/mol. The Hall–Kier alpha value is -3.80. The van der Waals surface area contributed by atoms with Gasteiger partial charge in [-0.2, -0.15) is 0 Å². The average Bonchev–Trinajstić information content (AvgIpc) is 2.92. The van der Waals surface area contributed by atoms with Crippen molar-refractivity contribution in [2.24, 2.45) is 5.92 Å². The van der Waals surface area contributed by atoms with Gasteiger partial charge in [0.25, 0.3) is 5.91 Å². The number of carbonyl (C=O) groups excluding carboxylic acids is 4. The van der Waals surface area contributed by atoms with E-state index >= 15 is 0 Å². The fourth-order valence-corrected chi connectivity index (χ4v) is 5.01. The Labute approximate surface area is 228 Å². The molecule has 2 aromatic rings. The largest absolute Gasteiger partial charge is 0.622 e. The van der Waals surface area contributed by atoms with E-state index in [-0.39, 0.29) is 18.0 Å². The predicted octanol–water partition coefficient (Wildman–Crippen LogP) is 1.33. The van der Waals surface area contributed by atoms with Gasteiger partial charge in [0.05, 0.1) is 12.1 Å². The highest BCUT2D eigenvalue weighted by molar-refractivity contribution is 6.51. The molecule has 2 N–H and O–H groups in total. The van der Waals surface area contributed by atoms with Crippen molar-refractivity contribution in [2.45, 2.75) is 70.0 Å². The lowest BCUT2D eigenvalue weighted by Crippen LogP contribution is -2.62. The lowest BCUT2D eigenvalue weighted by molar-refractivity contribution is -0.157. The van der Waals surface area contributed by atoms with Gasteiger partial charge >= 0.3 is 19.1 Å². The van der Waals surface area contributed by atoms with Crippen molar-refractivity contribution in [1.82, 2.24) is 25.5 Å². The number of amides is 2. The molecule has 2 bridgehead atoms. The molecule has 0 spiro atoms. The molecule has 3 heterocycles. The minimum atomic E-state index is -1.29. The Morgan fingerprint density at radius 1 is 1.05 bits per heavy atom. The molecule has 2 saturated heterocycles. The second-order valence-electron chi connectivity index (χ2n) is 10.4. The molecule has 0 unspecified atom stereocenters. The molecular formula is C27H34BN5O6. The summed E-state index contributed by atoms with van der Waals surface area (Å²) >= 11 is 0. The van der Waals surface area contributed by atoms with Crippen LogP contribution in [0.3, 0.4) is 0 Å². The van der Waals surface area contributed by atoms with E-state index in [0.29, 0.717) is 25.7 Å². The van der Waals surface area contributed by atoms with Crippen LogP contribution in [-0.4, -0.2) is 76.9 Å². The van der Waals surface area contributed by atoms with Gasteiger partial charge in [-0.05, 0) is 44.2 Å². The van der Waals surface area contributed by atoms with Gasteiger partial charge in [0.2, 0.25) is 5.91 Å². The summed E-state index contributed by atoms with van der Waals surface area (Å²) in [7, 11) is 0.430. The minimum absolute atomic E-state index is 0.0700. The summed E-state index contributed by atoms with van der Waals surface area (Å²) in [5.41, 5.74) is 0.901. The smallest absolute Gasteiger partial charge is 0.497 e. The fraction of sp³-hybridized carbons (Fsp3) is 0.481. The van der Waals surface area contributed by atoms with E-state index in [0.717, 1.165) is 5.56 Å². The SMILES string of the molecule is CC(C)C[C@H](NC(=O)[C@H](Cc1ccccc1)NC(=O)c1cnccn1)B1OC(=O)[C@H]2CCC[C@H](C(=O)O1)N2C. The number of nitrogens with one attached hydrogen (secondary N) is 2. The van der Waals surface area contributed by atoms with E-state index < -0.39 is 54.9 Å². The summed E-state index contributed by atoms with van der Waals surface area (Å²) in [4.78, 5) is 62.2. The van der Waals surface area contributed by atoms with Crippen molar-refractivity contribution >= 4 is 30.9 Å². The van der Waals surface area contributed by atoms with Crippen LogP contribution in [0.1, 0.15) is 55.6 Å². The molecule has 0 saturated carbocycles. The van der Waals surface area contributed by atoms with Crippen LogP contribution in [-0.2, 0) is 30.1 Å². The number of piperidine rings is 1. The molecule has 2 amide bonds. The third kappa shape index (κ3) is 7.20. The van der Waals surface area contributed by atoms with Crippen LogP contribution in [0.15, 0.2) is 48.9 Å². The van der Waals surface area contributed by atoms with E-state index in [2.05, 4.69) is 20.6 Å². The summed E-state index contributed by atoms with van der Waals surface area (Å²) in [6.07, 6.45) is 6.61. The maximum absolute atomic E-state index is 13.7. The molecule has 4 atom stereocenters. The number of likely N-dealkylation sites (N-methyl/N-ethyl adjacent to an activating group) is 1. The zero-order chi connectivity index (χ0) is 27.9. The van der Waals surface area contributed by atoms with E-state index in [9.17, 15) is 19.2 Å². The predicted molar refractivity (Wildman–Crippen MR) is 142 cm³/mol. The molecule has 39 heavy (non-hydrogen) atoms. The van der Waals surface area contributed by atoms with Crippen molar-refractivity contribution in [3.8, 4) is 0 Å². The number of nitrogens with zero attached hydrogens (tertiary/aromatic N) is 3. The Morgan fingerprint density at radius 2 is 1.72 bits per heavy atom. The van der Waals surface area contributed by atoms with Crippen LogP contribution >= 0.6 is 0 Å². The highest BCUT2D eigenvalue weighted by atomic mass is 16.6. The first-order valence-corrected chi connectivity index (χ1v) is 13.3. The highest BCUT2D eigenvalue weighted by Gasteiger charge is 2.48. The van der Waals surface area contributed by atoms with Crippen LogP contribution in [0.5, 0.6) is 0 Å². The van der Waals surface area contributed by atoms with Gasteiger partial charge in [-0.3, -0.25) is 29.1 Å². The zero-order valence-corrected chi connectivity index (χ0v) is 22.4.